The molecule has 2 aromatic rings. The van der Waals surface area contributed by atoms with Gasteiger partial charge in [0.05, 0.1) is 29.7 Å². The number of halogens is 3. The van der Waals surface area contributed by atoms with Crippen LogP contribution in [0.15, 0.2) is 42.5 Å². The molecule has 0 N–H and O–H groups in total. The number of piperidine rings is 1. The largest absolute Gasteiger partial charge is 0.473 e. The maximum absolute atomic E-state index is 14.0. The Kier molecular flexibility index (Phi) is 8.37. The Balaban J connectivity index is 1.23. The van der Waals surface area contributed by atoms with Gasteiger partial charge in [0.1, 0.15) is 5.75 Å². The molecule has 9 heteroatoms. The monoisotopic (exact) mass is 572 g/mol. The molecule has 1 saturated carbocycles. The lowest BCUT2D eigenvalue weighted by Gasteiger charge is -2.41. The Morgan fingerprint density at radius 2 is 1.85 bits per heavy atom. The molecule has 1 saturated heterocycles. The van der Waals surface area contributed by atoms with Crippen LogP contribution in [0, 0.1) is 11.3 Å². The fraction of sp³-hybridized carbons (Fsp3) is 0.562. The van der Waals surface area contributed by atoms with Crippen molar-refractivity contribution in [3.05, 3.63) is 64.7 Å². The summed E-state index contributed by atoms with van der Waals surface area (Å²) >= 11 is 0. The number of fused-ring (bicyclic) bond motifs is 1. The van der Waals surface area contributed by atoms with Crippen LogP contribution in [0.25, 0.3) is 0 Å². The number of rotatable bonds is 6. The predicted molar refractivity (Wildman–Crippen MR) is 148 cm³/mol. The van der Waals surface area contributed by atoms with Crippen LogP contribution in [0.1, 0.15) is 85.8 Å². The van der Waals surface area contributed by atoms with Gasteiger partial charge in [0.25, 0.3) is 0 Å². The number of alkyl halides is 3. The molecule has 3 aliphatic rings. The first-order valence-corrected chi connectivity index (χ1v) is 14.6. The van der Waals surface area contributed by atoms with E-state index >= 15 is 0 Å². The summed E-state index contributed by atoms with van der Waals surface area (Å²) in [5, 5.41) is 0. The van der Waals surface area contributed by atoms with Gasteiger partial charge in [0.2, 0.25) is 5.91 Å². The maximum atomic E-state index is 14.0. The van der Waals surface area contributed by atoms with E-state index in [4.69, 9.17) is 9.47 Å². The van der Waals surface area contributed by atoms with Gasteiger partial charge in [-0.3, -0.25) is 4.79 Å². The van der Waals surface area contributed by atoms with Crippen molar-refractivity contribution in [1.29, 1.82) is 0 Å². The molecule has 0 aromatic heterocycles. The third kappa shape index (κ3) is 5.96. The number of likely N-dealkylation sites (tertiary alicyclic amines) is 1. The van der Waals surface area contributed by atoms with Crippen molar-refractivity contribution >= 4 is 11.9 Å². The van der Waals surface area contributed by atoms with Crippen molar-refractivity contribution < 1.29 is 32.2 Å². The molecular formula is C32H39F3N2O4. The van der Waals surface area contributed by atoms with Crippen LogP contribution in [0.3, 0.4) is 0 Å². The minimum absolute atomic E-state index is 0.0243. The second kappa shape index (κ2) is 11.7. The molecule has 2 aliphatic heterocycles. The topological polar surface area (TPSA) is 59.1 Å². The Morgan fingerprint density at radius 3 is 2.54 bits per heavy atom. The smallest absolute Gasteiger partial charge is 0.416 e. The van der Waals surface area contributed by atoms with Crippen LogP contribution >= 0.6 is 0 Å². The number of nitrogens with zero attached hydrogens (tertiary/aromatic N) is 2. The molecule has 2 atom stereocenters. The Labute approximate surface area is 239 Å². The summed E-state index contributed by atoms with van der Waals surface area (Å²) in [6.45, 7) is 8.30. The number of carbonyl (C=O) groups is 2. The lowest BCUT2D eigenvalue weighted by Crippen LogP contribution is -2.49. The number of amides is 1. The minimum Gasteiger partial charge on any atom is -0.473 e. The van der Waals surface area contributed by atoms with Crippen molar-refractivity contribution in [2.45, 2.75) is 77.6 Å². The van der Waals surface area contributed by atoms with Crippen LogP contribution in [0.5, 0.6) is 5.75 Å². The summed E-state index contributed by atoms with van der Waals surface area (Å²) in [6, 6.07) is 11.5. The summed E-state index contributed by atoms with van der Waals surface area (Å²) in [7, 11) is 0. The first kappa shape index (κ1) is 29.4. The highest BCUT2D eigenvalue weighted by Gasteiger charge is 2.51. The first-order valence-electron chi connectivity index (χ1n) is 14.6. The van der Waals surface area contributed by atoms with Gasteiger partial charge in [-0.05, 0) is 99.8 Å². The number of esters is 1. The summed E-state index contributed by atoms with van der Waals surface area (Å²) in [5.41, 5.74) is 0.832. The van der Waals surface area contributed by atoms with E-state index in [2.05, 4.69) is 24.8 Å². The van der Waals surface area contributed by atoms with Crippen molar-refractivity contribution in [3.8, 4) is 5.75 Å². The zero-order chi connectivity index (χ0) is 29.4. The van der Waals surface area contributed by atoms with Crippen molar-refractivity contribution in [1.82, 2.24) is 9.80 Å². The average Bonchev–Trinajstić information content (AvgIpc) is 3.43. The summed E-state index contributed by atoms with van der Waals surface area (Å²) in [6.07, 6.45) is -0.0970. The molecule has 2 fully saturated rings. The summed E-state index contributed by atoms with van der Waals surface area (Å²) in [4.78, 5) is 30.3. The van der Waals surface area contributed by atoms with Gasteiger partial charge in [-0.2, -0.15) is 13.2 Å². The fourth-order valence-electron chi connectivity index (χ4n) is 6.92. The van der Waals surface area contributed by atoms with Gasteiger partial charge in [-0.1, -0.05) is 26.0 Å². The molecule has 0 spiro atoms. The van der Waals surface area contributed by atoms with E-state index in [-0.39, 0.29) is 37.1 Å². The number of hydrogen-bond acceptors (Lipinski definition) is 5. The fourth-order valence-corrected chi connectivity index (χ4v) is 6.92. The highest BCUT2D eigenvalue weighted by molar-refractivity contribution is 5.89. The van der Waals surface area contributed by atoms with Crippen molar-refractivity contribution in [2.75, 3.05) is 26.4 Å². The standard InChI is InChI=1S/C32H39F3N2O4/c1-4-40-29(38)24-7-5-6-23(16-24)22-11-14-36(15-12-22)27-10-13-31(18-27,21(2)3)30(39)37-19-25-17-26(32(33,34)35)8-9-28(25)41-20-37/h5-9,16-17,21-22,27H,4,10-15,18-20H2,1-3H3/t27-,31+/m1/s1. The third-order valence-corrected chi connectivity index (χ3v) is 9.38. The molecule has 2 aromatic carbocycles. The molecule has 0 radical (unpaired) electrons. The lowest BCUT2D eigenvalue weighted by atomic mass is 9.74. The molecule has 6 nitrogen and oxygen atoms in total. The molecule has 2 heterocycles. The Morgan fingerprint density at radius 1 is 1.10 bits per heavy atom. The van der Waals surface area contributed by atoms with E-state index in [0.717, 1.165) is 62.9 Å². The summed E-state index contributed by atoms with van der Waals surface area (Å²) in [5.74, 6) is 0.539. The molecule has 1 amide bonds. The number of benzene rings is 2. The van der Waals surface area contributed by atoms with Crippen LogP contribution < -0.4 is 4.74 Å². The average molecular weight is 573 g/mol. The SMILES string of the molecule is CCOC(=O)c1cccc(C2CCN([C@@H]3CC[C@@](C(=O)N4COc5ccc(C(F)(F)F)cc5C4)(C(C)C)C3)CC2)c1. The second-order valence-electron chi connectivity index (χ2n) is 12.0. The number of hydrogen-bond donors (Lipinski definition) is 0. The lowest BCUT2D eigenvalue weighted by molar-refractivity contribution is -0.150. The predicted octanol–water partition coefficient (Wildman–Crippen LogP) is 6.64. The van der Waals surface area contributed by atoms with Crippen LogP contribution in [0.4, 0.5) is 13.2 Å². The highest BCUT2D eigenvalue weighted by Crippen LogP contribution is 2.49. The molecule has 1 aliphatic carbocycles. The first-order chi connectivity index (χ1) is 19.5. The number of carbonyl (C=O) groups excluding carboxylic acids is 2. The summed E-state index contributed by atoms with van der Waals surface area (Å²) < 4.78 is 50.8. The number of ether oxygens (including phenoxy) is 2. The molecule has 41 heavy (non-hydrogen) atoms. The van der Waals surface area contributed by atoms with Gasteiger partial charge in [-0.15, -0.1) is 0 Å². The van der Waals surface area contributed by atoms with Crippen LogP contribution in [-0.2, 0) is 22.3 Å². The Hall–Kier alpha value is -3.07. The molecular weight excluding hydrogens is 533 g/mol. The van der Waals surface area contributed by atoms with Crippen LogP contribution in [-0.4, -0.2) is 54.1 Å². The van der Waals surface area contributed by atoms with Gasteiger partial charge >= 0.3 is 12.1 Å². The third-order valence-electron chi connectivity index (χ3n) is 9.38. The van der Waals surface area contributed by atoms with E-state index in [9.17, 15) is 22.8 Å². The van der Waals surface area contributed by atoms with Crippen molar-refractivity contribution in [2.24, 2.45) is 11.3 Å². The zero-order valence-corrected chi connectivity index (χ0v) is 24.0. The van der Waals surface area contributed by atoms with Gasteiger partial charge in [-0.25, -0.2) is 4.79 Å². The quantitative estimate of drug-likeness (QED) is 0.364. The van der Waals surface area contributed by atoms with E-state index < -0.39 is 17.2 Å². The van der Waals surface area contributed by atoms with Gasteiger partial charge in [0.15, 0.2) is 6.73 Å². The van der Waals surface area contributed by atoms with Gasteiger partial charge in [0, 0.05) is 11.6 Å². The van der Waals surface area contributed by atoms with Gasteiger partial charge < -0.3 is 19.3 Å². The van der Waals surface area contributed by atoms with E-state index in [1.165, 1.54) is 6.07 Å². The molecule has 222 valence electrons. The normalized spacial score (nSPS) is 23.8. The minimum atomic E-state index is -4.45. The van der Waals surface area contributed by atoms with E-state index in [1.807, 2.05) is 12.1 Å². The zero-order valence-electron chi connectivity index (χ0n) is 24.0. The molecule has 0 bridgehead atoms. The second-order valence-corrected chi connectivity index (χ2v) is 12.0. The van der Waals surface area contributed by atoms with E-state index in [0.29, 0.717) is 29.4 Å². The molecule has 0 unspecified atom stereocenters. The van der Waals surface area contributed by atoms with Crippen molar-refractivity contribution in [3.63, 3.8) is 0 Å². The van der Waals surface area contributed by atoms with Crippen LogP contribution in [0.2, 0.25) is 0 Å². The highest BCUT2D eigenvalue weighted by atomic mass is 19.4. The Bertz CT molecular complexity index is 1270. The molecule has 5 rings (SSSR count). The van der Waals surface area contributed by atoms with E-state index in [1.54, 1.807) is 17.9 Å². The maximum Gasteiger partial charge on any atom is 0.416 e.